The first-order chi connectivity index (χ1) is 12.7. The molecule has 0 fully saturated rings. The van der Waals surface area contributed by atoms with Crippen molar-refractivity contribution >= 4 is 8.32 Å². The van der Waals surface area contributed by atoms with E-state index in [0.29, 0.717) is 41.7 Å². The van der Waals surface area contributed by atoms with Gasteiger partial charge >= 0.3 is 0 Å². The summed E-state index contributed by atoms with van der Waals surface area (Å²) in [6.45, 7) is 24.0. The summed E-state index contributed by atoms with van der Waals surface area (Å²) in [5.74, 6) is 0.633. The van der Waals surface area contributed by atoms with Gasteiger partial charge in [0.25, 0.3) is 0 Å². The first-order valence-corrected chi connectivity index (χ1v) is 12.7. The molecule has 1 aromatic carbocycles. The fourth-order valence-corrected chi connectivity index (χ4v) is 10.3. The summed E-state index contributed by atoms with van der Waals surface area (Å²) in [5, 5.41) is 0. The smallest absolute Gasteiger partial charge is 0.200 e. The van der Waals surface area contributed by atoms with Crippen LogP contribution in [-0.2, 0) is 15.8 Å². The van der Waals surface area contributed by atoms with Gasteiger partial charge in [0.15, 0.2) is 0 Å². The Kier molecular flexibility index (Phi) is 10.00. The van der Waals surface area contributed by atoms with Crippen molar-refractivity contribution in [2.24, 2.45) is 11.8 Å². The molecule has 0 spiro atoms. The Bertz CT molecular complexity index is 517. The van der Waals surface area contributed by atoms with Crippen molar-refractivity contribution in [1.29, 1.82) is 0 Å². The fourth-order valence-electron chi connectivity index (χ4n) is 4.55. The summed E-state index contributed by atoms with van der Waals surface area (Å²) in [4.78, 5) is 0. The predicted molar refractivity (Wildman–Crippen MR) is 121 cm³/mol. The van der Waals surface area contributed by atoms with E-state index in [1.54, 1.807) is 0 Å². The fraction of sp³-hybridized carbons (Fsp3) is 0.667. The SMILES string of the molecule is C=C[C@@H](C)[C@@H](O[Si](C(C)C)(C(C)C)C(C)C)[C@H](C)COCc1ccccc1. The molecule has 0 aliphatic heterocycles. The van der Waals surface area contributed by atoms with E-state index >= 15 is 0 Å². The zero-order chi connectivity index (χ0) is 20.6. The summed E-state index contributed by atoms with van der Waals surface area (Å²) in [6.07, 6.45) is 2.19. The highest BCUT2D eigenvalue weighted by Gasteiger charge is 2.47. The van der Waals surface area contributed by atoms with Crippen LogP contribution in [0.2, 0.25) is 16.6 Å². The maximum Gasteiger partial charge on any atom is 0.200 e. The van der Waals surface area contributed by atoms with Crippen LogP contribution in [0.3, 0.4) is 0 Å². The van der Waals surface area contributed by atoms with Crippen LogP contribution in [0.1, 0.15) is 61.0 Å². The largest absolute Gasteiger partial charge is 0.412 e. The van der Waals surface area contributed by atoms with E-state index in [-0.39, 0.29) is 6.10 Å². The normalized spacial score (nSPS) is 16.0. The molecule has 2 nitrogen and oxygen atoms in total. The highest BCUT2D eigenvalue weighted by Crippen LogP contribution is 2.44. The van der Waals surface area contributed by atoms with E-state index in [1.165, 1.54) is 5.56 Å². The number of hydrogen-bond acceptors (Lipinski definition) is 2. The number of benzene rings is 1. The van der Waals surface area contributed by atoms with Gasteiger partial charge in [0.05, 0.1) is 19.3 Å². The molecule has 0 saturated heterocycles. The molecule has 27 heavy (non-hydrogen) atoms. The van der Waals surface area contributed by atoms with Gasteiger partial charge in [-0.05, 0) is 28.1 Å². The molecule has 0 amide bonds. The van der Waals surface area contributed by atoms with Crippen LogP contribution in [0, 0.1) is 11.8 Å². The highest BCUT2D eigenvalue weighted by atomic mass is 28.4. The second-order valence-electron chi connectivity index (χ2n) is 8.97. The maximum atomic E-state index is 7.13. The molecular weight excluding hydrogens is 348 g/mol. The van der Waals surface area contributed by atoms with Gasteiger partial charge in [0, 0.05) is 5.92 Å². The molecule has 0 aromatic heterocycles. The summed E-state index contributed by atoms with van der Waals surface area (Å²) in [5.41, 5.74) is 2.95. The molecule has 0 N–H and O–H groups in total. The molecule has 0 bridgehead atoms. The lowest BCUT2D eigenvalue weighted by atomic mass is 9.94. The van der Waals surface area contributed by atoms with Crippen LogP contribution in [0.5, 0.6) is 0 Å². The van der Waals surface area contributed by atoms with Crippen molar-refractivity contribution in [2.75, 3.05) is 6.61 Å². The van der Waals surface area contributed by atoms with Gasteiger partial charge < -0.3 is 9.16 Å². The average Bonchev–Trinajstić information content (AvgIpc) is 2.61. The van der Waals surface area contributed by atoms with Crippen molar-refractivity contribution in [3.8, 4) is 0 Å². The summed E-state index contributed by atoms with van der Waals surface area (Å²) >= 11 is 0. The van der Waals surface area contributed by atoms with Gasteiger partial charge in [0.2, 0.25) is 8.32 Å². The van der Waals surface area contributed by atoms with E-state index in [9.17, 15) is 0 Å². The van der Waals surface area contributed by atoms with Gasteiger partial charge in [-0.15, -0.1) is 6.58 Å². The molecule has 0 unspecified atom stereocenters. The number of hydrogen-bond donors (Lipinski definition) is 0. The minimum absolute atomic E-state index is 0.150. The quantitative estimate of drug-likeness (QED) is 0.277. The first-order valence-electron chi connectivity index (χ1n) is 10.6. The molecule has 0 aliphatic rings. The van der Waals surface area contributed by atoms with Crippen molar-refractivity contribution < 1.29 is 9.16 Å². The van der Waals surface area contributed by atoms with E-state index in [2.05, 4.69) is 86.2 Å². The van der Waals surface area contributed by atoms with Gasteiger partial charge in [-0.1, -0.05) is 91.8 Å². The number of ether oxygens (including phenoxy) is 1. The summed E-state index contributed by atoms with van der Waals surface area (Å²) < 4.78 is 13.2. The Morgan fingerprint density at radius 1 is 0.889 bits per heavy atom. The van der Waals surface area contributed by atoms with E-state index in [0.717, 1.165) is 0 Å². The molecule has 1 aromatic rings. The molecule has 3 heteroatoms. The second-order valence-corrected chi connectivity index (χ2v) is 14.4. The van der Waals surface area contributed by atoms with Crippen molar-refractivity contribution in [3.05, 3.63) is 48.6 Å². The van der Waals surface area contributed by atoms with E-state index in [4.69, 9.17) is 9.16 Å². The Hall–Kier alpha value is -0.903. The lowest BCUT2D eigenvalue weighted by Gasteiger charge is -2.47. The minimum atomic E-state index is -1.94. The monoisotopic (exact) mass is 390 g/mol. The molecule has 1 rings (SSSR count). The molecule has 154 valence electrons. The topological polar surface area (TPSA) is 18.5 Å². The van der Waals surface area contributed by atoms with Crippen LogP contribution in [0.15, 0.2) is 43.0 Å². The third kappa shape index (κ3) is 6.30. The number of rotatable bonds is 12. The van der Waals surface area contributed by atoms with Gasteiger partial charge in [-0.25, -0.2) is 0 Å². The Morgan fingerprint density at radius 3 is 1.85 bits per heavy atom. The summed E-state index contributed by atoms with van der Waals surface area (Å²) in [7, 11) is -1.94. The highest BCUT2D eigenvalue weighted by molar-refractivity contribution is 6.77. The van der Waals surface area contributed by atoms with Crippen LogP contribution in [-0.4, -0.2) is 21.0 Å². The molecule has 3 atom stereocenters. The van der Waals surface area contributed by atoms with Gasteiger partial charge in [-0.2, -0.15) is 0 Å². The Labute approximate surface area is 169 Å². The van der Waals surface area contributed by atoms with E-state index < -0.39 is 8.32 Å². The second kappa shape index (κ2) is 11.2. The summed E-state index contributed by atoms with van der Waals surface area (Å²) in [6, 6.07) is 10.4. The average molecular weight is 391 g/mol. The van der Waals surface area contributed by atoms with Crippen LogP contribution >= 0.6 is 0 Å². The van der Waals surface area contributed by atoms with Gasteiger partial charge in [0.1, 0.15) is 0 Å². The minimum Gasteiger partial charge on any atom is -0.412 e. The Morgan fingerprint density at radius 2 is 1.41 bits per heavy atom. The van der Waals surface area contributed by atoms with Crippen molar-refractivity contribution in [3.63, 3.8) is 0 Å². The van der Waals surface area contributed by atoms with Gasteiger partial charge in [-0.3, -0.25) is 0 Å². The third-order valence-corrected chi connectivity index (χ3v) is 12.1. The molecule has 0 heterocycles. The lowest BCUT2D eigenvalue weighted by molar-refractivity contribution is 0.0176. The standard InChI is InChI=1S/C24H42O2Si/c1-10-21(8)24(26-27(18(2)3,19(4)5)20(6)7)22(9)16-25-17-23-14-12-11-13-15-23/h10-15,18-22,24H,1,16-17H2,2-9H3/t21-,22-,24-/m1/s1. The van der Waals surface area contributed by atoms with Crippen LogP contribution < -0.4 is 0 Å². The third-order valence-electron chi connectivity index (χ3n) is 5.99. The first kappa shape index (κ1) is 24.1. The maximum absolute atomic E-state index is 7.13. The zero-order valence-electron chi connectivity index (χ0n) is 18.9. The molecule has 0 radical (unpaired) electrons. The van der Waals surface area contributed by atoms with Crippen molar-refractivity contribution in [1.82, 2.24) is 0 Å². The predicted octanol–water partition coefficient (Wildman–Crippen LogP) is 7.22. The van der Waals surface area contributed by atoms with Crippen LogP contribution in [0.25, 0.3) is 0 Å². The van der Waals surface area contributed by atoms with Crippen LogP contribution in [0.4, 0.5) is 0 Å². The lowest BCUT2D eigenvalue weighted by Crippen LogP contribution is -2.52. The molecular formula is C24H42O2Si. The molecule has 0 saturated carbocycles. The van der Waals surface area contributed by atoms with E-state index in [1.807, 2.05) is 12.1 Å². The zero-order valence-corrected chi connectivity index (χ0v) is 19.9. The Balaban J connectivity index is 2.91. The molecule has 0 aliphatic carbocycles. The van der Waals surface area contributed by atoms with Crippen molar-refractivity contribution in [2.45, 2.75) is 84.7 Å².